The number of hydrogen-bond acceptors (Lipinski definition) is 3. The van der Waals surface area contributed by atoms with Crippen molar-refractivity contribution in [1.29, 1.82) is 0 Å². The summed E-state index contributed by atoms with van der Waals surface area (Å²) in [6.45, 7) is 6.41. The average molecular weight is 308 g/mol. The minimum atomic E-state index is -0.101. The van der Waals surface area contributed by atoms with Crippen LogP contribution in [0.3, 0.4) is 0 Å². The molecule has 0 aromatic heterocycles. The van der Waals surface area contributed by atoms with E-state index in [1.165, 1.54) is 0 Å². The topological polar surface area (TPSA) is 49.4 Å². The van der Waals surface area contributed by atoms with E-state index in [1.54, 1.807) is 16.7 Å². The van der Waals surface area contributed by atoms with Gasteiger partial charge in [0, 0.05) is 29.7 Å². The Labute approximate surface area is 131 Å². The molecular weight excluding hydrogens is 284 g/mol. The summed E-state index contributed by atoms with van der Waals surface area (Å²) in [5.74, 6) is 0.654. The quantitative estimate of drug-likeness (QED) is 0.751. The monoisotopic (exact) mass is 308 g/mol. The van der Waals surface area contributed by atoms with Crippen LogP contribution >= 0.6 is 11.8 Å². The third kappa shape index (κ3) is 7.18. The van der Waals surface area contributed by atoms with Crippen molar-refractivity contribution in [2.45, 2.75) is 38.1 Å². The van der Waals surface area contributed by atoms with E-state index in [0.29, 0.717) is 13.0 Å². The van der Waals surface area contributed by atoms with E-state index in [0.717, 1.165) is 10.6 Å². The summed E-state index contributed by atoms with van der Waals surface area (Å²) < 4.78 is 0. The summed E-state index contributed by atoms with van der Waals surface area (Å²) in [6, 6.07) is 10.1. The molecule has 1 aromatic carbocycles. The van der Waals surface area contributed by atoms with Gasteiger partial charge in [-0.25, -0.2) is 0 Å². The van der Waals surface area contributed by atoms with Gasteiger partial charge in [-0.05, 0) is 32.9 Å². The van der Waals surface area contributed by atoms with Crippen LogP contribution in [0.1, 0.15) is 27.2 Å². The van der Waals surface area contributed by atoms with E-state index >= 15 is 0 Å². The van der Waals surface area contributed by atoms with Gasteiger partial charge < -0.3 is 10.2 Å². The highest BCUT2D eigenvalue weighted by molar-refractivity contribution is 7.99. The molecule has 4 nitrogen and oxygen atoms in total. The molecule has 0 fully saturated rings. The molecule has 21 heavy (non-hydrogen) atoms. The maximum absolute atomic E-state index is 12.1. The van der Waals surface area contributed by atoms with Gasteiger partial charge in [-0.3, -0.25) is 9.59 Å². The first-order valence-electron chi connectivity index (χ1n) is 7.28. The number of likely N-dealkylation sites (N-methyl/N-ethyl adjacent to an activating group) is 1. The van der Waals surface area contributed by atoms with E-state index in [4.69, 9.17) is 0 Å². The summed E-state index contributed by atoms with van der Waals surface area (Å²) in [5, 5.41) is 2.81. The van der Waals surface area contributed by atoms with Crippen molar-refractivity contribution < 1.29 is 9.59 Å². The fourth-order valence-corrected chi connectivity index (χ4v) is 2.71. The van der Waals surface area contributed by atoms with Crippen molar-refractivity contribution in [3.8, 4) is 0 Å². The number of carbonyl (C=O) groups is 2. The van der Waals surface area contributed by atoms with Gasteiger partial charge >= 0.3 is 0 Å². The molecule has 1 N–H and O–H groups in total. The van der Waals surface area contributed by atoms with Crippen molar-refractivity contribution in [3.63, 3.8) is 0 Å². The number of benzene rings is 1. The minimum Gasteiger partial charge on any atom is -0.352 e. The molecule has 0 radical (unpaired) electrons. The van der Waals surface area contributed by atoms with Gasteiger partial charge in [-0.2, -0.15) is 0 Å². The Hall–Kier alpha value is -1.49. The molecule has 1 aromatic rings. The lowest BCUT2D eigenvalue weighted by Crippen LogP contribution is -2.42. The largest absolute Gasteiger partial charge is 0.352 e. The van der Waals surface area contributed by atoms with E-state index in [9.17, 15) is 9.59 Å². The molecule has 0 aliphatic carbocycles. The molecule has 1 rings (SSSR count). The van der Waals surface area contributed by atoms with Crippen molar-refractivity contribution >= 4 is 23.6 Å². The van der Waals surface area contributed by atoms with E-state index < -0.39 is 0 Å². The normalized spacial score (nSPS) is 10.5. The van der Waals surface area contributed by atoms with E-state index in [2.05, 4.69) is 5.32 Å². The Morgan fingerprint density at radius 2 is 1.90 bits per heavy atom. The van der Waals surface area contributed by atoms with Crippen LogP contribution in [0.5, 0.6) is 0 Å². The highest BCUT2D eigenvalue weighted by atomic mass is 32.2. The first-order valence-corrected chi connectivity index (χ1v) is 8.26. The fraction of sp³-hybridized carbons (Fsp3) is 0.500. The second-order valence-corrected chi connectivity index (χ2v) is 6.21. The number of nitrogens with zero attached hydrogens (tertiary/aromatic N) is 1. The Kier molecular flexibility index (Phi) is 7.90. The third-order valence-corrected chi connectivity index (χ3v) is 3.86. The van der Waals surface area contributed by atoms with Gasteiger partial charge in [0.05, 0.1) is 6.54 Å². The first kappa shape index (κ1) is 17.6. The Bertz CT molecular complexity index is 449. The van der Waals surface area contributed by atoms with Crippen LogP contribution in [-0.4, -0.2) is 41.6 Å². The lowest BCUT2D eigenvalue weighted by atomic mass is 10.3. The number of hydrogen-bond donors (Lipinski definition) is 1. The van der Waals surface area contributed by atoms with Crippen LogP contribution in [0.25, 0.3) is 0 Å². The summed E-state index contributed by atoms with van der Waals surface area (Å²) >= 11 is 1.66. The minimum absolute atomic E-state index is 0.0276. The van der Waals surface area contributed by atoms with Crippen LogP contribution in [0.4, 0.5) is 0 Å². The van der Waals surface area contributed by atoms with Gasteiger partial charge in [0.2, 0.25) is 11.8 Å². The highest BCUT2D eigenvalue weighted by Crippen LogP contribution is 2.18. The van der Waals surface area contributed by atoms with Gasteiger partial charge in [0.25, 0.3) is 0 Å². The van der Waals surface area contributed by atoms with Crippen LogP contribution in [0.15, 0.2) is 35.2 Å². The number of amides is 2. The van der Waals surface area contributed by atoms with E-state index in [-0.39, 0.29) is 24.4 Å². The second kappa shape index (κ2) is 9.45. The number of thioether (sulfide) groups is 1. The second-order valence-electron chi connectivity index (χ2n) is 5.04. The van der Waals surface area contributed by atoms with Crippen molar-refractivity contribution in [1.82, 2.24) is 10.2 Å². The molecule has 116 valence electrons. The van der Waals surface area contributed by atoms with Gasteiger partial charge in [-0.15, -0.1) is 11.8 Å². The van der Waals surface area contributed by atoms with Crippen LogP contribution < -0.4 is 5.32 Å². The molecular formula is C16H24N2O2S. The SMILES string of the molecule is CCN(CC(=O)NC(C)C)C(=O)CCSc1ccccc1. The number of rotatable bonds is 8. The lowest BCUT2D eigenvalue weighted by molar-refractivity contribution is -0.135. The molecule has 0 atom stereocenters. The number of nitrogens with one attached hydrogen (secondary N) is 1. The summed E-state index contributed by atoms with van der Waals surface area (Å²) in [7, 11) is 0. The van der Waals surface area contributed by atoms with Gasteiger partial charge in [0.1, 0.15) is 0 Å². The third-order valence-electron chi connectivity index (χ3n) is 2.85. The maximum atomic E-state index is 12.1. The van der Waals surface area contributed by atoms with Crippen molar-refractivity contribution in [3.05, 3.63) is 30.3 Å². The highest BCUT2D eigenvalue weighted by Gasteiger charge is 2.15. The van der Waals surface area contributed by atoms with Crippen LogP contribution in [0.2, 0.25) is 0 Å². The zero-order chi connectivity index (χ0) is 15.7. The Balaban J connectivity index is 2.35. The predicted octanol–water partition coefficient (Wildman–Crippen LogP) is 2.54. The maximum Gasteiger partial charge on any atom is 0.239 e. The van der Waals surface area contributed by atoms with Gasteiger partial charge in [0.15, 0.2) is 0 Å². The molecule has 0 spiro atoms. The molecule has 0 aliphatic rings. The number of carbonyl (C=O) groups excluding carboxylic acids is 2. The fourth-order valence-electron chi connectivity index (χ4n) is 1.85. The van der Waals surface area contributed by atoms with Crippen LogP contribution in [0, 0.1) is 0 Å². The summed E-state index contributed by atoms with van der Waals surface area (Å²) in [6.07, 6.45) is 0.447. The molecule has 0 bridgehead atoms. The predicted molar refractivity (Wildman–Crippen MR) is 87.3 cm³/mol. The Morgan fingerprint density at radius 3 is 2.48 bits per heavy atom. The molecule has 0 saturated heterocycles. The molecule has 0 aliphatic heterocycles. The standard InChI is InChI=1S/C16H24N2O2S/c1-4-18(12-15(19)17-13(2)3)16(20)10-11-21-14-8-6-5-7-9-14/h5-9,13H,4,10-12H2,1-3H3,(H,17,19). The molecule has 0 unspecified atom stereocenters. The van der Waals surface area contributed by atoms with Crippen molar-refractivity contribution in [2.24, 2.45) is 0 Å². The molecule has 2 amide bonds. The smallest absolute Gasteiger partial charge is 0.239 e. The zero-order valence-corrected chi connectivity index (χ0v) is 13.8. The average Bonchev–Trinajstić information content (AvgIpc) is 2.45. The van der Waals surface area contributed by atoms with Crippen LogP contribution in [-0.2, 0) is 9.59 Å². The van der Waals surface area contributed by atoms with E-state index in [1.807, 2.05) is 51.1 Å². The Morgan fingerprint density at radius 1 is 1.24 bits per heavy atom. The first-order chi connectivity index (χ1) is 10.0. The zero-order valence-electron chi connectivity index (χ0n) is 13.0. The molecule has 0 saturated carbocycles. The van der Waals surface area contributed by atoms with Crippen molar-refractivity contribution in [2.75, 3.05) is 18.8 Å². The molecule has 0 heterocycles. The van der Waals surface area contributed by atoms with Gasteiger partial charge in [-0.1, -0.05) is 18.2 Å². The lowest BCUT2D eigenvalue weighted by Gasteiger charge is -2.21. The molecule has 5 heteroatoms. The summed E-state index contributed by atoms with van der Waals surface area (Å²) in [5.41, 5.74) is 0. The summed E-state index contributed by atoms with van der Waals surface area (Å²) in [4.78, 5) is 26.6.